The van der Waals surface area contributed by atoms with Crippen LogP contribution in [0, 0.1) is 0 Å². The van der Waals surface area contributed by atoms with Gasteiger partial charge < -0.3 is 14.6 Å². The number of unbranched alkanes of at least 4 members (excludes halogenated alkanes) is 2. The van der Waals surface area contributed by atoms with Gasteiger partial charge in [-0.05, 0) is 13.3 Å². The number of esters is 1. The summed E-state index contributed by atoms with van der Waals surface area (Å²) in [6.45, 7) is 4.36. The van der Waals surface area contributed by atoms with Gasteiger partial charge in [-0.25, -0.2) is 0 Å². The average molecular weight is 302 g/mol. The third kappa shape index (κ3) is 3.70. The number of phenols is 1. The number of hydrogen-bond acceptors (Lipinski definition) is 4. The van der Waals surface area contributed by atoms with Gasteiger partial charge in [0.25, 0.3) is 0 Å². The van der Waals surface area contributed by atoms with Crippen molar-refractivity contribution in [3.8, 4) is 17.2 Å². The van der Waals surface area contributed by atoms with Gasteiger partial charge in [-0.3, -0.25) is 4.79 Å². The van der Waals surface area contributed by atoms with Crippen LogP contribution < -0.4 is 9.47 Å². The van der Waals surface area contributed by atoms with Gasteiger partial charge >= 0.3 is 5.97 Å². The van der Waals surface area contributed by atoms with Crippen molar-refractivity contribution in [1.29, 1.82) is 0 Å². The Morgan fingerprint density at radius 2 is 1.82 bits per heavy atom. The third-order valence-electron chi connectivity index (χ3n) is 3.45. The second-order valence-corrected chi connectivity index (χ2v) is 5.13. The standard InChI is InChI=1S/C18H22O4/c1-3-5-6-11-17(19)22-15-12-16(21-4-2)18(20)14-10-8-7-9-13(14)15/h7-10,12,20H,3-6,11H2,1-2H3. The monoisotopic (exact) mass is 302 g/mol. The van der Waals surface area contributed by atoms with Gasteiger partial charge in [0, 0.05) is 23.3 Å². The molecule has 0 radical (unpaired) electrons. The van der Waals surface area contributed by atoms with Crippen molar-refractivity contribution in [3.63, 3.8) is 0 Å². The molecule has 0 bridgehead atoms. The lowest BCUT2D eigenvalue weighted by Crippen LogP contribution is -2.08. The molecule has 1 N–H and O–H groups in total. The Balaban J connectivity index is 2.31. The van der Waals surface area contributed by atoms with Crippen molar-refractivity contribution in [1.82, 2.24) is 0 Å². The van der Waals surface area contributed by atoms with E-state index in [2.05, 4.69) is 6.92 Å². The van der Waals surface area contributed by atoms with Gasteiger partial charge in [0.15, 0.2) is 11.5 Å². The molecule has 118 valence electrons. The molecule has 0 heterocycles. The molecule has 2 rings (SSSR count). The zero-order chi connectivity index (χ0) is 15.9. The molecule has 0 unspecified atom stereocenters. The molecule has 0 aliphatic rings. The maximum atomic E-state index is 12.0. The zero-order valence-corrected chi connectivity index (χ0v) is 13.1. The molecule has 0 amide bonds. The summed E-state index contributed by atoms with van der Waals surface area (Å²) in [5.41, 5.74) is 0. The molecule has 0 saturated carbocycles. The van der Waals surface area contributed by atoms with Crippen LogP contribution in [0.3, 0.4) is 0 Å². The fraction of sp³-hybridized carbons (Fsp3) is 0.389. The van der Waals surface area contributed by atoms with E-state index < -0.39 is 0 Å². The van der Waals surface area contributed by atoms with Crippen molar-refractivity contribution in [2.45, 2.75) is 39.5 Å². The third-order valence-corrected chi connectivity index (χ3v) is 3.45. The van der Waals surface area contributed by atoms with Crippen LogP contribution in [0.5, 0.6) is 17.2 Å². The minimum atomic E-state index is -0.258. The van der Waals surface area contributed by atoms with E-state index in [1.165, 1.54) is 0 Å². The maximum absolute atomic E-state index is 12.0. The van der Waals surface area contributed by atoms with Crippen LogP contribution in [0.25, 0.3) is 10.8 Å². The number of carbonyl (C=O) groups is 1. The Bertz CT molecular complexity index is 649. The molecule has 22 heavy (non-hydrogen) atoms. The van der Waals surface area contributed by atoms with Crippen molar-refractivity contribution < 1.29 is 19.4 Å². The molecule has 0 aliphatic carbocycles. The summed E-state index contributed by atoms with van der Waals surface area (Å²) in [6.07, 6.45) is 3.29. The number of rotatable bonds is 7. The Morgan fingerprint density at radius 1 is 1.09 bits per heavy atom. The normalized spacial score (nSPS) is 10.6. The summed E-state index contributed by atoms with van der Waals surface area (Å²) < 4.78 is 10.9. The summed E-state index contributed by atoms with van der Waals surface area (Å²) in [5.74, 6) is 0.575. The van der Waals surface area contributed by atoms with Gasteiger partial charge in [-0.15, -0.1) is 0 Å². The maximum Gasteiger partial charge on any atom is 0.311 e. The van der Waals surface area contributed by atoms with Crippen molar-refractivity contribution >= 4 is 16.7 Å². The molecule has 4 heteroatoms. The van der Waals surface area contributed by atoms with Gasteiger partial charge in [0.1, 0.15) is 5.75 Å². The SMILES string of the molecule is CCCCCC(=O)Oc1cc(OCC)c(O)c2ccccc12. The molecular formula is C18H22O4. The number of fused-ring (bicyclic) bond motifs is 1. The average Bonchev–Trinajstić information content (AvgIpc) is 2.52. The van der Waals surface area contributed by atoms with E-state index in [1.807, 2.05) is 25.1 Å². The molecule has 0 atom stereocenters. The van der Waals surface area contributed by atoms with Crippen LogP contribution in [0.1, 0.15) is 39.5 Å². The fourth-order valence-corrected chi connectivity index (χ4v) is 2.35. The van der Waals surface area contributed by atoms with Gasteiger partial charge in [0.05, 0.1) is 6.61 Å². The van der Waals surface area contributed by atoms with Gasteiger partial charge in [-0.1, -0.05) is 44.0 Å². The van der Waals surface area contributed by atoms with Crippen LogP contribution in [-0.4, -0.2) is 17.7 Å². The first-order valence-corrected chi connectivity index (χ1v) is 7.75. The van der Waals surface area contributed by atoms with E-state index in [-0.39, 0.29) is 11.7 Å². The number of phenolic OH excluding ortho intramolecular Hbond substituents is 1. The lowest BCUT2D eigenvalue weighted by molar-refractivity contribution is -0.134. The lowest BCUT2D eigenvalue weighted by Gasteiger charge is -2.13. The second kappa shape index (κ2) is 7.69. The number of hydrogen-bond donors (Lipinski definition) is 1. The molecule has 0 aliphatic heterocycles. The summed E-state index contributed by atoms with van der Waals surface area (Å²) in [5, 5.41) is 11.6. The first-order chi connectivity index (χ1) is 10.7. The van der Waals surface area contributed by atoms with E-state index in [9.17, 15) is 9.90 Å². The van der Waals surface area contributed by atoms with E-state index in [1.54, 1.807) is 12.1 Å². The Labute approximate surface area is 130 Å². The quantitative estimate of drug-likeness (QED) is 0.467. The first kappa shape index (κ1) is 16.1. The van der Waals surface area contributed by atoms with Crippen LogP contribution in [0.15, 0.2) is 30.3 Å². The fourth-order valence-electron chi connectivity index (χ4n) is 2.35. The van der Waals surface area contributed by atoms with Crippen LogP contribution >= 0.6 is 0 Å². The Kier molecular flexibility index (Phi) is 5.64. The van der Waals surface area contributed by atoms with Crippen molar-refractivity contribution in [3.05, 3.63) is 30.3 Å². The minimum absolute atomic E-state index is 0.0724. The predicted molar refractivity (Wildman–Crippen MR) is 86.6 cm³/mol. The van der Waals surface area contributed by atoms with Crippen molar-refractivity contribution in [2.75, 3.05) is 6.61 Å². The molecule has 0 saturated heterocycles. The smallest absolute Gasteiger partial charge is 0.311 e. The van der Waals surface area contributed by atoms with Crippen LogP contribution in [0.2, 0.25) is 0 Å². The van der Waals surface area contributed by atoms with Gasteiger partial charge in [0.2, 0.25) is 0 Å². The highest BCUT2D eigenvalue weighted by Crippen LogP contribution is 2.40. The summed E-state index contributed by atoms with van der Waals surface area (Å²) in [4.78, 5) is 12.0. The molecule has 0 fully saturated rings. The van der Waals surface area contributed by atoms with Gasteiger partial charge in [-0.2, -0.15) is 0 Å². The molecule has 2 aromatic carbocycles. The minimum Gasteiger partial charge on any atom is -0.504 e. The highest BCUT2D eigenvalue weighted by Gasteiger charge is 2.15. The van der Waals surface area contributed by atoms with Crippen molar-refractivity contribution in [2.24, 2.45) is 0 Å². The second-order valence-electron chi connectivity index (χ2n) is 5.13. The number of carbonyl (C=O) groups excluding carboxylic acids is 1. The molecule has 0 spiro atoms. The first-order valence-electron chi connectivity index (χ1n) is 7.75. The molecule has 4 nitrogen and oxygen atoms in total. The highest BCUT2D eigenvalue weighted by atomic mass is 16.5. The highest BCUT2D eigenvalue weighted by molar-refractivity contribution is 5.96. The predicted octanol–water partition coefficient (Wildman–Crippen LogP) is 4.43. The zero-order valence-electron chi connectivity index (χ0n) is 13.1. The summed E-state index contributed by atoms with van der Waals surface area (Å²) >= 11 is 0. The van der Waals surface area contributed by atoms with E-state index in [4.69, 9.17) is 9.47 Å². The summed E-state index contributed by atoms with van der Waals surface area (Å²) in [7, 11) is 0. The molecular weight excluding hydrogens is 280 g/mol. The Morgan fingerprint density at radius 3 is 2.50 bits per heavy atom. The summed E-state index contributed by atoms with van der Waals surface area (Å²) in [6, 6.07) is 8.85. The Hall–Kier alpha value is -2.23. The van der Waals surface area contributed by atoms with E-state index in [0.29, 0.717) is 35.3 Å². The molecule has 2 aromatic rings. The number of ether oxygens (including phenoxy) is 2. The number of benzene rings is 2. The largest absolute Gasteiger partial charge is 0.504 e. The molecule has 0 aromatic heterocycles. The van der Waals surface area contributed by atoms with Crippen LogP contribution in [0.4, 0.5) is 0 Å². The van der Waals surface area contributed by atoms with E-state index >= 15 is 0 Å². The lowest BCUT2D eigenvalue weighted by atomic mass is 10.1. The topological polar surface area (TPSA) is 55.8 Å². The number of aromatic hydroxyl groups is 1. The van der Waals surface area contributed by atoms with Crippen LogP contribution in [-0.2, 0) is 4.79 Å². The van der Waals surface area contributed by atoms with E-state index in [0.717, 1.165) is 19.3 Å².